The third-order valence-electron chi connectivity index (χ3n) is 2.57. The van der Waals surface area contributed by atoms with Crippen LogP contribution in [0, 0.1) is 0 Å². The van der Waals surface area contributed by atoms with Crippen LogP contribution in [0.5, 0.6) is 11.5 Å². The monoisotopic (exact) mass is 335 g/mol. The molecule has 0 saturated carbocycles. The number of hydrogen-bond acceptors (Lipinski definition) is 4. The normalized spacial score (nSPS) is 10.1. The molecule has 0 heterocycles. The Hall–Kier alpha value is -2.01. The van der Waals surface area contributed by atoms with Crippen molar-refractivity contribution in [1.29, 1.82) is 0 Å². The average molecular weight is 336 g/mol. The summed E-state index contributed by atoms with van der Waals surface area (Å²) in [7, 11) is 0. The van der Waals surface area contributed by atoms with E-state index >= 15 is 0 Å². The standard InChI is InChI=1S/C15H14BrNO3/c1-2-19-15(18)13-9-12(7-8-14(13)17)20-11-5-3-10(16)4-6-11/h3-9H,2,17H2,1H3. The number of carbonyl (C=O) groups is 1. The minimum absolute atomic E-state index is 0.302. The van der Waals surface area contributed by atoms with Gasteiger partial charge in [-0.15, -0.1) is 0 Å². The van der Waals surface area contributed by atoms with Gasteiger partial charge in [-0.1, -0.05) is 15.9 Å². The third-order valence-corrected chi connectivity index (χ3v) is 3.10. The van der Waals surface area contributed by atoms with E-state index in [-0.39, 0.29) is 0 Å². The summed E-state index contributed by atoms with van der Waals surface area (Å²) in [5.41, 5.74) is 6.45. The van der Waals surface area contributed by atoms with E-state index in [0.29, 0.717) is 29.4 Å². The summed E-state index contributed by atoms with van der Waals surface area (Å²) in [5.74, 6) is 0.753. The fourth-order valence-electron chi connectivity index (χ4n) is 1.62. The first-order valence-electron chi connectivity index (χ1n) is 6.10. The summed E-state index contributed by atoms with van der Waals surface area (Å²) in [5, 5.41) is 0. The Morgan fingerprint density at radius 1 is 1.15 bits per heavy atom. The van der Waals surface area contributed by atoms with Gasteiger partial charge in [-0.3, -0.25) is 0 Å². The number of rotatable bonds is 4. The summed E-state index contributed by atoms with van der Waals surface area (Å²) >= 11 is 3.36. The summed E-state index contributed by atoms with van der Waals surface area (Å²) in [4.78, 5) is 11.8. The van der Waals surface area contributed by atoms with Crippen molar-refractivity contribution in [3.05, 3.63) is 52.5 Å². The maximum atomic E-state index is 11.8. The van der Waals surface area contributed by atoms with Crippen molar-refractivity contribution in [3.63, 3.8) is 0 Å². The van der Waals surface area contributed by atoms with Gasteiger partial charge in [0.15, 0.2) is 0 Å². The lowest BCUT2D eigenvalue weighted by Crippen LogP contribution is -2.08. The number of hydrogen-bond donors (Lipinski definition) is 1. The molecule has 2 aromatic rings. The van der Waals surface area contributed by atoms with Crippen molar-refractivity contribution in [3.8, 4) is 11.5 Å². The largest absolute Gasteiger partial charge is 0.462 e. The van der Waals surface area contributed by atoms with Crippen LogP contribution in [-0.4, -0.2) is 12.6 Å². The quantitative estimate of drug-likeness (QED) is 0.677. The third kappa shape index (κ3) is 3.51. The zero-order chi connectivity index (χ0) is 14.5. The predicted molar refractivity (Wildman–Crippen MR) is 81.0 cm³/mol. The molecule has 0 radical (unpaired) electrons. The highest BCUT2D eigenvalue weighted by Gasteiger charge is 2.12. The SMILES string of the molecule is CCOC(=O)c1cc(Oc2ccc(Br)cc2)ccc1N. The van der Waals surface area contributed by atoms with Crippen LogP contribution < -0.4 is 10.5 Å². The van der Waals surface area contributed by atoms with Crippen LogP contribution in [0.3, 0.4) is 0 Å². The zero-order valence-corrected chi connectivity index (χ0v) is 12.5. The zero-order valence-electron chi connectivity index (χ0n) is 10.9. The fraction of sp³-hybridized carbons (Fsp3) is 0.133. The maximum absolute atomic E-state index is 11.8. The first kappa shape index (κ1) is 14.4. The Kier molecular flexibility index (Phi) is 4.63. The van der Waals surface area contributed by atoms with Crippen LogP contribution in [0.15, 0.2) is 46.9 Å². The maximum Gasteiger partial charge on any atom is 0.340 e. The Balaban J connectivity index is 2.22. The van der Waals surface area contributed by atoms with Crippen molar-refractivity contribution in [1.82, 2.24) is 0 Å². The average Bonchev–Trinajstić information content (AvgIpc) is 2.43. The lowest BCUT2D eigenvalue weighted by atomic mass is 10.1. The lowest BCUT2D eigenvalue weighted by Gasteiger charge is -2.09. The molecule has 0 saturated heterocycles. The smallest absolute Gasteiger partial charge is 0.340 e. The van der Waals surface area contributed by atoms with Crippen molar-refractivity contribution in [2.45, 2.75) is 6.92 Å². The van der Waals surface area contributed by atoms with Gasteiger partial charge in [0.1, 0.15) is 11.5 Å². The molecule has 0 aliphatic carbocycles. The van der Waals surface area contributed by atoms with Crippen LogP contribution >= 0.6 is 15.9 Å². The van der Waals surface area contributed by atoms with Crippen LogP contribution in [0.4, 0.5) is 5.69 Å². The van der Waals surface area contributed by atoms with Crippen molar-refractivity contribution in [2.24, 2.45) is 0 Å². The van der Waals surface area contributed by atoms with Crippen LogP contribution in [0.1, 0.15) is 17.3 Å². The highest BCUT2D eigenvalue weighted by molar-refractivity contribution is 9.10. The van der Waals surface area contributed by atoms with Crippen molar-refractivity contribution in [2.75, 3.05) is 12.3 Å². The molecule has 0 fully saturated rings. The van der Waals surface area contributed by atoms with Gasteiger partial charge in [-0.2, -0.15) is 0 Å². The molecule has 4 nitrogen and oxygen atoms in total. The van der Waals surface area contributed by atoms with Crippen LogP contribution in [0.2, 0.25) is 0 Å². The molecular formula is C15H14BrNO3. The molecule has 2 rings (SSSR count). The molecule has 20 heavy (non-hydrogen) atoms. The first-order chi connectivity index (χ1) is 9.60. The number of benzene rings is 2. The topological polar surface area (TPSA) is 61.5 Å². The Bertz CT molecular complexity index is 611. The number of anilines is 1. The van der Waals surface area contributed by atoms with Crippen LogP contribution in [0.25, 0.3) is 0 Å². The van der Waals surface area contributed by atoms with Gasteiger partial charge in [-0.25, -0.2) is 4.79 Å². The second-order valence-corrected chi connectivity index (χ2v) is 4.94. The number of halogens is 1. The Morgan fingerprint density at radius 3 is 2.45 bits per heavy atom. The van der Waals surface area contributed by atoms with E-state index in [0.717, 1.165) is 4.47 Å². The van der Waals surface area contributed by atoms with Crippen molar-refractivity contribution < 1.29 is 14.3 Å². The number of nitrogens with two attached hydrogens (primary N) is 1. The molecule has 0 spiro atoms. The summed E-state index contributed by atoms with van der Waals surface area (Å²) < 4.78 is 11.6. The molecule has 2 aromatic carbocycles. The molecule has 0 atom stereocenters. The molecule has 0 bridgehead atoms. The molecular weight excluding hydrogens is 322 g/mol. The molecule has 104 valence electrons. The summed E-state index contributed by atoms with van der Waals surface area (Å²) in [6.45, 7) is 2.05. The first-order valence-corrected chi connectivity index (χ1v) is 6.89. The van der Waals surface area contributed by atoms with E-state index in [4.69, 9.17) is 15.2 Å². The van der Waals surface area contributed by atoms with Crippen LogP contribution in [-0.2, 0) is 4.74 Å². The van der Waals surface area contributed by atoms with E-state index in [2.05, 4.69) is 15.9 Å². The summed E-state index contributed by atoms with van der Waals surface area (Å²) in [6, 6.07) is 12.3. The Labute approximate surface area is 125 Å². The van der Waals surface area contributed by atoms with Gasteiger partial charge in [-0.05, 0) is 49.4 Å². The molecule has 2 N–H and O–H groups in total. The molecule has 0 aromatic heterocycles. The fourth-order valence-corrected chi connectivity index (χ4v) is 1.89. The minimum Gasteiger partial charge on any atom is -0.462 e. The summed E-state index contributed by atoms with van der Waals surface area (Å²) in [6.07, 6.45) is 0. The molecule has 5 heteroatoms. The van der Waals surface area contributed by atoms with Gasteiger partial charge in [0, 0.05) is 10.2 Å². The number of esters is 1. The second-order valence-electron chi connectivity index (χ2n) is 4.03. The molecule has 0 aliphatic rings. The van der Waals surface area contributed by atoms with Gasteiger partial charge in [0.2, 0.25) is 0 Å². The minimum atomic E-state index is -0.453. The van der Waals surface area contributed by atoms with Crippen molar-refractivity contribution >= 4 is 27.6 Å². The highest BCUT2D eigenvalue weighted by atomic mass is 79.9. The van der Waals surface area contributed by atoms with Gasteiger partial charge >= 0.3 is 5.97 Å². The van der Waals surface area contributed by atoms with E-state index < -0.39 is 5.97 Å². The number of carbonyl (C=O) groups excluding carboxylic acids is 1. The van der Waals surface area contributed by atoms with Gasteiger partial charge in [0.05, 0.1) is 12.2 Å². The van der Waals surface area contributed by atoms with Gasteiger partial charge in [0.25, 0.3) is 0 Å². The lowest BCUT2D eigenvalue weighted by molar-refractivity contribution is 0.0527. The molecule has 0 amide bonds. The Morgan fingerprint density at radius 2 is 1.80 bits per heavy atom. The van der Waals surface area contributed by atoms with E-state index in [1.165, 1.54) is 0 Å². The second kappa shape index (κ2) is 6.43. The van der Waals surface area contributed by atoms with E-state index in [1.54, 1.807) is 25.1 Å². The van der Waals surface area contributed by atoms with E-state index in [1.807, 2.05) is 24.3 Å². The van der Waals surface area contributed by atoms with Gasteiger partial charge < -0.3 is 15.2 Å². The highest BCUT2D eigenvalue weighted by Crippen LogP contribution is 2.26. The molecule has 0 aliphatic heterocycles. The number of ether oxygens (including phenoxy) is 2. The van der Waals surface area contributed by atoms with E-state index in [9.17, 15) is 4.79 Å². The predicted octanol–water partition coefficient (Wildman–Crippen LogP) is 4.00. The molecule has 0 unspecified atom stereocenters. The number of nitrogen functional groups attached to an aromatic ring is 1.